The molecule has 0 bridgehead atoms. The lowest BCUT2D eigenvalue weighted by Crippen LogP contribution is -2.46. The predicted molar refractivity (Wildman–Crippen MR) is 73.7 cm³/mol. The molecule has 1 fully saturated rings. The first-order chi connectivity index (χ1) is 9.65. The molecule has 106 valence electrons. The zero-order valence-electron chi connectivity index (χ0n) is 11.2. The van der Waals surface area contributed by atoms with E-state index in [-0.39, 0.29) is 17.4 Å². The van der Waals surface area contributed by atoms with Crippen molar-refractivity contribution >= 4 is 11.4 Å². The average molecular weight is 276 g/mol. The van der Waals surface area contributed by atoms with E-state index in [4.69, 9.17) is 10.00 Å². The first-order valence-electron chi connectivity index (χ1n) is 6.35. The number of morpholine rings is 1. The molecule has 1 heterocycles. The number of benzene rings is 1. The van der Waals surface area contributed by atoms with Crippen molar-refractivity contribution in [2.45, 2.75) is 6.10 Å². The second kappa shape index (κ2) is 6.32. The van der Waals surface area contributed by atoms with Crippen molar-refractivity contribution in [1.82, 2.24) is 5.32 Å². The van der Waals surface area contributed by atoms with Gasteiger partial charge in [0.15, 0.2) is 0 Å². The molecule has 0 amide bonds. The molecule has 0 saturated carbocycles. The van der Waals surface area contributed by atoms with Crippen molar-refractivity contribution in [2.75, 3.05) is 38.2 Å². The van der Waals surface area contributed by atoms with Crippen LogP contribution < -0.4 is 10.2 Å². The monoisotopic (exact) mass is 276 g/mol. The third-order valence-corrected chi connectivity index (χ3v) is 3.23. The summed E-state index contributed by atoms with van der Waals surface area (Å²) in [5.41, 5.74) is 0.681. The minimum atomic E-state index is -0.520. The topological polar surface area (TPSA) is 91.4 Å². The molecule has 1 unspecified atom stereocenters. The van der Waals surface area contributed by atoms with Crippen LogP contribution in [0.25, 0.3) is 0 Å². The number of ether oxygens (including phenoxy) is 1. The van der Waals surface area contributed by atoms with Crippen molar-refractivity contribution in [1.29, 1.82) is 5.26 Å². The van der Waals surface area contributed by atoms with Crippen molar-refractivity contribution in [3.63, 3.8) is 0 Å². The van der Waals surface area contributed by atoms with E-state index in [2.05, 4.69) is 5.32 Å². The molecule has 7 heteroatoms. The third kappa shape index (κ3) is 3.04. The average Bonchev–Trinajstić information content (AvgIpc) is 2.47. The van der Waals surface area contributed by atoms with Crippen molar-refractivity contribution in [3.8, 4) is 6.07 Å². The Kier molecular flexibility index (Phi) is 4.50. The Hall–Kier alpha value is -2.17. The SMILES string of the molecule is CNCC1CN(c2ccc(C#N)c([N+](=O)[O-])c2)CCO1. The first-order valence-corrected chi connectivity index (χ1v) is 6.35. The van der Waals surface area contributed by atoms with Crippen LogP contribution in [0.15, 0.2) is 18.2 Å². The molecule has 1 aromatic carbocycles. The highest BCUT2D eigenvalue weighted by molar-refractivity contribution is 5.60. The predicted octanol–water partition coefficient (Wildman–Crippen LogP) is 0.891. The zero-order valence-corrected chi connectivity index (χ0v) is 11.2. The molecule has 0 radical (unpaired) electrons. The van der Waals surface area contributed by atoms with E-state index in [0.717, 1.165) is 12.2 Å². The molecular weight excluding hydrogens is 260 g/mol. The summed E-state index contributed by atoms with van der Waals surface area (Å²) in [6, 6.07) is 6.54. The molecule has 2 rings (SSSR count). The van der Waals surface area contributed by atoms with Gasteiger partial charge in [0.1, 0.15) is 11.6 Å². The van der Waals surface area contributed by atoms with Gasteiger partial charge in [0.25, 0.3) is 5.69 Å². The number of rotatable bonds is 4. The number of hydrogen-bond acceptors (Lipinski definition) is 6. The minimum Gasteiger partial charge on any atom is -0.373 e. The molecule has 0 spiro atoms. The first kappa shape index (κ1) is 14.2. The largest absolute Gasteiger partial charge is 0.373 e. The summed E-state index contributed by atoms with van der Waals surface area (Å²) in [4.78, 5) is 12.5. The van der Waals surface area contributed by atoms with Gasteiger partial charge in [-0.25, -0.2) is 0 Å². The fraction of sp³-hybridized carbons (Fsp3) is 0.462. The molecular formula is C13H16N4O3. The number of nitrogens with one attached hydrogen (secondary N) is 1. The Morgan fingerprint density at radius 1 is 1.65 bits per heavy atom. The number of likely N-dealkylation sites (N-methyl/N-ethyl adjacent to an activating group) is 1. The molecule has 1 N–H and O–H groups in total. The highest BCUT2D eigenvalue weighted by Crippen LogP contribution is 2.26. The quantitative estimate of drug-likeness (QED) is 0.648. The van der Waals surface area contributed by atoms with Gasteiger partial charge in [-0.05, 0) is 19.2 Å². The lowest BCUT2D eigenvalue weighted by molar-refractivity contribution is -0.385. The van der Waals surface area contributed by atoms with Gasteiger partial charge >= 0.3 is 0 Å². The summed E-state index contributed by atoms with van der Waals surface area (Å²) >= 11 is 0. The van der Waals surface area contributed by atoms with E-state index < -0.39 is 4.92 Å². The van der Waals surface area contributed by atoms with Crippen molar-refractivity contribution in [2.24, 2.45) is 0 Å². The number of nitro groups is 1. The molecule has 1 aliphatic rings. The van der Waals surface area contributed by atoms with Gasteiger partial charge in [-0.15, -0.1) is 0 Å². The molecule has 1 atom stereocenters. The maximum Gasteiger partial charge on any atom is 0.289 e. The summed E-state index contributed by atoms with van der Waals surface area (Å²) in [6.45, 7) is 2.67. The maximum atomic E-state index is 11.0. The van der Waals surface area contributed by atoms with Gasteiger partial charge in [0.05, 0.1) is 17.6 Å². The van der Waals surface area contributed by atoms with Crippen LogP contribution in [0, 0.1) is 21.4 Å². The smallest absolute Gasteiger partial charge is 0.289 e. The van der Waals surface area contributed by atoms with Crippen LogP contribution in [0.1, 0.15) is 5.56 Å². The fourth-order valence-corrected chi connectivity index (χ4v) is 2.27. The third-order valence-electron chi connectivity index (χ3n) is 3.23. The second-order valence-electron chi connectivity index (χ2n) is 4.57. The van der Waals surface area contributed by atoms with Gasteiger partial charge in [0.2, 0.25) is 0 Å². The van der Waals surface area contributed by atoms with Crippen LogP contribution in [0.4, 0.5) is 11.4 Å². The zero-order chi connectivity index (χ0) is 14.5. The van der Waals surface area contributed by atoms with E-state index in [1.165, 1.54) is 12.1 Å². The van der Waals surface area contributed by atoms with Gasteiger partial charge in [-0.1, -0.05) is 0 Å². The lowest BCUT2D eigenvalue weighted by Gasteiger charge is -2.34. The molecule has 1 aliphatic heterocycles. The summed E-state index contributed by atoms with van der Waals surface area (Å²) in [7, 11) is 1.86. The minimum absolute atomic E-state index is 0.0587. The van der Waals surface area contributed by atoms with Crippen LogP contribution in [0.5, 0.6) is 0 Å². The summed E-state index contributed by atoms with van der Waals surface area (Å²) in [5, 5.41) is 22.9. The summed E-state index contributed by atoms with van der Waals surface area (Å²) in [6.07, 6.45) is 0.0587. The van der Waals surface area contributed by atoms with Crippen LogP contribution >= 0.6 is 0 Å². The standard InChI is InChI=1S/C13H16N4O3/c1-15-8-12-9-16(4-5-20-12)11-3-2-10(7-14)13(6-11)17(18)19/h2-3,6,12,15H,4-5,8-9H2,1H3. The molecule has 1 aromatic rings. The number of nitriles is 1. The van der Waals surface area contributed by atoms with Crippen LogP contribution in [-0.2, 0) is 4.74 Å². The Balaban J connectivity index is 2.22. The highest BCUT2D eigenvalue weighted by Gasteiger charge is 2.22. The molecule has 0 aromatic heterocycles. The van der Waals surface area contributed by atoms with E-state index in [9.17, 15) is 10.1 Å². The molecule has 0 aliphatic carbocycles. The van der Waals surface area contributed by atoms with Crippen LogP contribution in [0.2, 0.25) is 0 Å². The second-order valence-corrected chi connectivity index (χ2v) is 4.57. The summed E-state index contributed by atoms with van der Waals surface area (Å²) < 4.78 is 5.60. The van der Waals surface area contributed by atoms with Gasteiger partial charge < -0.3 is 15.0 Å². The van der Waals surface area contributed by atoms with E-state index in [1.807, 2.05) is 18.0 Å². The van der Waals surface area contributed by atoms with E-state index in [1.54, 1.807) is 6.07 Å². The van der Waals surface area contributed by atoms with Gasteiger partial charge in [-0.2, -0.15) is 5.26 Å². The van der Waals surface area contributed by atoms with Crippen LogP contribution in [0.3, 0.4) is 0 Å². The number of nitro benzene ring substituents is 1. The van der Waals surface area contributed by atoms with Crippen molar-refractivity contribution in [3.05, 3.63) is 33.9 Å². The Morgan fingerprint density at radius 3 is 3.10 bits per heavy atom. The number of anilines is 1. The van der Waals surface area contributed by atoms with Gasteiger partial charge in [-0.3, -0.25) is 10.1 Å². The summed E-state index contributed by atoms with van der Waals surface area (Å²) in [5.74, 6) is 0. The highest BCUT2D eigenvalue weighted by atomic mass is 16.6. The van der Waals surface area contributed by atoms with E-state index in [0.29, 0.717) is 19.7 Å². The number of nitrogens with zero attached hydrogens (tertiary/aromatic N) is 3. The van der Waals surface area contributed by atoms with Crippen molar-refractivity contribution < 1.29 is 9.66 Å². The molecule has 1 saturated heterocycles. The molecule has 7 nitrogen and oxygen atoms in total. The molecule has 20 heavy (non-hydrogen) atoms. The Morgan fingerprint density at radius 2 is 2.45 bits per heavy atom. The lowest BCUT2D eigenvalue weighted by atomic mass is 10.1. The Labute approximate surface area is 116 Å². The van der Waals surface area contributed by atoms with Gasteiger partial charge in [0, 0.05) is 31.4 Å². The fourth-order valence-electron chi connectivity index (χ4n) is 2.27. The number of hydrogen-bond donors (Lipinski definition) is 1. The Bertz CT molecular complexity index is 539. The normalized spacial score (nSPS) is 18.6. The maximum absolute atomic E-state index is 11.0. The van der Waals surface area contributed by atoms with Crippen LogP contribution in [-0.4, -0.2) is 44.3 Å². The van der Waals surface area contributed by atoms with E-state index >= 15 is 0 Å².